The SMILES string of the molecule is COC(=O)/C=C/c1ccc(OC2CCCC2)c(Cl)c1Cl. The summed E-state index contributed by atoms with van der Waals surface area (Å²) in [5.41, 5.74) is 0.654. The van der Waals surface area contributed by atoms with Gasteiger partial charge < -0.3 is 9.47 Å². The molecule has 1 aliphatic rings. The summed E-state index contributed by atoms with van der Waals surface area (Å²) in [5, 5.41) is 0.757. The van der Waals surface area contributed by atoms with Crippen molar-refractivity contribution in [3.63, 3.8) is 0 Å². The lowest BCUT2D eigenvalue weighted by molar-refractivity contribution is -0.134. The monoisotopic (exact) mass is 314 g/mol. The first-order valence-electron chi connectivity index (χ1n) is 6.52. The molecule has 0 aromatic heterocycles. The summed E-state index contributed by atoms with van der Waals surface area (Å²) in [4.78, 5) is 11.1. The molecular formula is C15H16Cl2O3. The van der Waals surface area contributed by atoms with Crippen molar-refractivity contribution in [3.05, 3.63) is 33.8 Å². The first kappa shape index (κ1) is 15.2. The van der Waals surface area contributed by atoms with Gasteiger partial charge in [-0.3, -0.25) is 0 Å². The van der Waals surface area contributed by atoms with Crippen LogP contribution in [0.25, 0.3) is 6.08 Å². The second kappa shape index (κ2) is 7.00. The fraction of sp³-hybridized carbons (Fsp3) is 0.400. The van der Waals surface area contributed by atoms with E-state index >= 15 is 0 Å². The van der Waals surface area contributed by atoms with Gasteiger partial charge in [-0.05, 0) is 49.5 Å². The highest BCUT2D eigenvalue weighted by molar-refractivity contribution is 6.43. The smallest absolute Gasteiger partial charge is 0.330 e. The predicted molar refractivity (Wildman–Crippen MR) is 80.4 cm³/mol. The van der Waals surface area contributed by atoms with Gasteiger partial charge in [-0.2, -0.15) is 0 Å². The molecule has 3 nitrogen and oxygen atoms in total. The largest absolute Gasteiger partial charge is 0.489 e. The third-order valence-corrected chi connectivity index (χ3v) is 4.15. The van der Waals surface area contributed by atoms with E-state index in [1.54, 1.807) is 18.2 Å². The zero-order valence-corrected chi connectivity index (χ0v) is 12.7. The molecular weight excluding hydrogens is 299 g/mol. The summed E-state index contributed by atoms with van der Waals surface area (Å²) >= 11 is 12.4. The van der Waals surface area contributed by atoms with Crippen LogP contribution < -0.4 is 4.74 Å². The summed E-state index contributed by atoms with van der Waals surface area (Å²) in [5.74, 6) is 0.155. The van der Waals surface area contributed by atoms with Gasteiger partial charge in [0.2, 0.25) is 0 Å². The Kier molecular flexibility index (Phi) is 5.32. The lowest BCUT2D eigenvalue weighted by atomic mass is 10.2. The van der Waals surface area contributed by atoms with Gasteiger partial charge in [-0.1, -0.05) is 23.2 Å². The molecule has 0 spiro atoms. The van der Waals surface area contributed by atoms with Crippen LogP contribution in [0.3, 0.4) is 0 Å². The molecule has 20 heavy (non-hydrogen) atoms. The molecule has 0 heterocycles. The highest BCUT2D eigenvalue weighted by Gasteiger charge is 2.19. The van der Waals surface area contributed by atoms with E-state index in [4.69, 9.17) is 27.9 Å². The van der Waals surface area contributed by atoms with Gasteiger partial charge in [0.25, 0.3) is 0 Å². The van der Waals surface area contributed by atoms with E-state index in [9.17, 15) is 4.79 Å². The Morgan fingerprint density at radius 3 is 2.60 bits per heavy atom. The fourth-order valence-electron chi connectivity index (χ4n) is 2.18. The minimum Gasteiger partial charge on any atom is -0.489 e. The van der Waals surface area contributed by atoms with Crippen LogP contribution in [0.15, 0.2) is 18.2 Å². The van der Waals surface area contributed by atoms with Crippen molar-refractivity contribution >= 4 is 35.2 Å². The maximum atomic E-state index is 11.1. The molecule has 1 saturated carbocycles. The van der Waals surface area contributed by atoms with Crippen molar-refractivity contribution in [1.29, 1.82) is 0 Å². The number of hydrogen-bond acceptors (Lipinski definition) is 3. The Balaban J connectivity index is 2.15. The molecule has 0 radical (unpaired) electrons. The minimum atomic E-state index is -0.441. The van der Waals surface area contributed by atoms with E-state index in [0.717, 1.165) is 12.8 Å². The lowest BCUT2D eigenvalue weighted by Crippen LogP contribution is -2.11. The first-order chi connectivity index (χ1) is 9.61. The maximum Gasteiger partial charge on any atom is 0.330 e. The molecule has 0 bridgehead atoms. The van der Waals surface area contributed by atoms with Crippen molar-refractivity contribution in [2.75, 3.05) is 7.11 Å². The third-order valence-electron chi connectivity index (χ3n) is 3.27. The molecule has 5 heteroatoms. The van der Waals surface area contributed by atoms with Gasteiger partial charge in [-0.15, -0.1) is 0 Å². The molecule has 2 rings (SSSR count). The Labute approximate surface area is 128 Å². The Hall–Kier alpha value is -1.19. The summed E-state index contributed by atoms with van der Waals surface area (Å²) in [6.07, 6.45) is 7.58. The molecule has 0 saturated heterocycles. The normalized spacial score (nSPS) is 15.8. The van der Waals surface area contributed by atoms with Crippen molar-refractivity contribution in [3.8, 4) is 5.75 Å². The standard InChI is InChI=1S/C15H16Cl2O3/c1-19-13(18)9-7-10-6-8-12(15(17)14(10)16)20-11-4-2-3-5-11/h6-9,11H,2-5H2,1H3/b9-7+. The number of rotatable bonds is 4. The van der Waals surface area contributed by atoms with Gasteiger partial charge in [0.05, 0.1) is 18.2 Å². The van der Waals surface area contributed by atoms with Crippen molar-refractivity contribution < 1.29 is 14.3 Å². The lowest BCUT2D eigenvalue weighted by Gasteiger charge is -2.15. The molecule has 0 amide bonds. The number of methoxy groups -OCH3 is 1. The molecule has 0 unspecified atom stereocenters. The van der Waals surface area contributed by atoms with Crippen LogP contribution in [0, 0.1) is 0 Å². The molecule has 0 aliphatic heterocycles. The summed E-state index contributed by atoms with van der Waals surface area (Å²) in [7, 11) is 1.32. The van der Waals surface area contributed by atoms with Crippen LogP contribution in [0.1, 0.15) is 31.2 Å². The predicted octanol–water partition coefficient (Wildman–Crippen LogP) is 4.50. The van der Waals surface area contributed by atoms with E-state index in [1.165, 1.54) is 26.0 Å². The molecule has 1 aromatic carbocycles. The first-order valence-corrected chi connectivity index (χ1v) is 7.28. The van der Waals surface area contributed by atoms with Crippen LogP contribution in [0.5, 0.6) is 5.75 Å². The van der Waals surface area contributed by atoms with Crippen LogP contribution in [-0.2, 0) is 9.53 Å². The number of halogens is 2. The van der Waals surface area contributed by atoms with E-state index in [1.807, 2.05) is 0 Å². The topological polar surface area (TPSA) is 35.5 Å². The quantitative estimate of drug-likeness (QED) is 0.606. The molecule has 1 aromatic rings. The Morgan fingerprint density at radius 2 is 1.95 bits per heavy atom. The highest BCUT2D eigenvalue weighted by atomic mass is 35.5. The fourth-order valence-corrected chi connectivity index (χ4v) is 2.61. The summed E-state index contributed by atoms with van der Waals surface area (Å²) in [6.45, 7) is 0. The zero-order valence-electron chi connectivity index (χ0n) is 11.2. The van der Waals surface area contributed by atoms with E-state index in [0.29, 0.717) is 21.4 Å². The summed E-state index contributed by atoms with van der Waals surface area (Å²) in [6, 6.07) is 3.56. The minimum absolute atomic E-state index is 0.222. The van der Waals surface area contributed by atoms with Gasteiger partial charge in [0, 0.05) is 6.08 Å². The number of carbonyl (C=O) groups excluding carboxylic acids is 1. The number of ether oxygens (including phenoxy) is 2. The van der Waals surface area contributed by atoms with E-state index in [-0.39, 0.29) is 6.10 Å². The van der Waals surface area contributed by atoms with E-state index in [2.05, 4.69) is 4.74 Å². The van der Waals surface area contributed by atoms with Crippen LogP contribution in [0.4, 0.5) is 0 Å². The van der Waals surface area contributed by atoms with Crippen LogP contribution in [0.2, 0.25) is 10.0 Å². The van der Waals surface area contributed by atoms with Crippen molar-refractivity contribution in [2.45, 2.75) is 31.8 Å². The average molecular weight is 315 g/mol. The van der Waals surface area contributed by atoms with Crippen molar-refractivity contribution in [1.82, 2.24) is 0 Å². The van der Waals surface area contributed by atoms with Crippen LogP contribution >= 0.6 is 23.2 Å². The maximum absolute atomic E-state index is 11.1. The Bertz CT molecular complexity index is 520. The average Bonchev–Trinajstić information content (AvgIpc) is 2.95. The zero-order chi connectivity index (χ0) is 14.5. The van der Waals surface area contributed by atoms with Crippen LogP contribution in [-0.4, -0.2) is 19.2 Å². The number of benzene rings is 1. The third kappa shape index (κ3) is 3.68. The van der Waals surface area contributed by atoms with Gasteiger partial charge in [-0.25, -0.2) is 4.79 Å². The van der Waals surface area contributed by atoms with Gasteiger partial charge >= 0.3 is 5.97 Å². The van der Waals surface area contributed by atoms with Gasteiger partial charge in [0.1, 0.15) is 10.8 Å². The second-order valence-corrected chi connectivity index (χ2v) is 5.42. The van der Waals surface area contributed by atoms with E-state index < -0.39 is 5.97 Å². The molecule has 0 N–H and O–H groups in total. The summed E-state index contributed by atoms with van der Waals surface area (Å²) < 4.78 is 10.4. The highest BCUT2D eigenvalue weighted by Crippen LogP contribution is 2.37. The number of carbonyl (C=O) groups is 1. The molecule has 0 atom stereocenters. The number of esters is 1. The van der Waals surface area contributed by atoms with Gasteiger partial charge in [0.15, 0.2) is 0 Å². The van der Waals surface area contributed by atoms with Crippen molar-refractivity contribution in [2.24, 2.45) is 0 Å². The molecule has 1 fully saturated rings. The molecule has 1 aliphatic carbocycles. The second-order valence-electron chi connectivity index (χ2n) is 4.66. The Morgan fingerprint density at radius 1 is 1.25 bits per heavy atom. The number of hydrogen-bond donors (Lipinski definition) is 0. The molecule has 108 valence electrons.